The first-order valence-electron chi connectivity index (χ1n) is 8.76. The summed E-state index contributed by atoms with van der Waals surface area (Å²) < 4.78 is 0. The number of carboxylic acids is 1. The summed E-state index contributed by atoms with van der Waals surface area (Å²) in [5, 5.41) is 12.2. The summed E-state index contributed by atoms with van der Waals surface area (Å²) in [5.74, 6) is -1.34. The van der Waals surface area contributed by atoms with Crippen LogP contribution >= 0.6 is 0 Å². The molecule has 0 aliphatic heterocycles. The van der Waals surface area contributed by atoms with E-state index >= 15 is 0 Å². The predicted octanol–water partition coefficient (Wildman–Crippen LogP) is 3.92. The topological polar surface area (TPSA) is 66.4 Å². The van der Waals surface area contributed by atoms with E-state index in [1.54, 1.807) is 6.08 Å². The van der Waals surface area contributed by atoms with Gasteiger partial charge in [-0.25, -0.2) is 4.79 Å². The highest BCUT2D eigenvalue weighted by Gasteiger charge is 2.38. The first kappa shape index (κ1) is 19.4. The van der Waals surface area contributed by atoms with Crippen molar-refractivity contribution in [2.75, 3.05) is 0 Å². The van der Waals surface area contributed by atoms with Crippen LogP contribution in [-0.2, 0) is 15.0 Å². The van der Waals surface area contributed by atoms with Crippen molar-refractivity contribution in [3.05, 3.63) is 84.4 Å². The van der Waals surface area contributed by atoms with E-state index in [0.717, 1.165) is 11.1 Å². The molecule has 1 atom stereocenters. The van der Waals surface area contributed by atoms with Gasteiger partial charge in [-0.1, -0.05) is 66.7 Å². The first-order chi connectivity index (χ1) is 12.5. The molecule has 4 nitrogen and oxygen atoms in total. The van der Waals surface area contributed by atoms with Gasteiger partial charge in [0.2, 0.25) is 5.91 Å². The molecule has 4 heteroatoms. The largest absolute Gasteiger partial charge is 0.480 e. The van der Waals surface area contributed by atoms with E-state index in [2.05, 4.69) is 11.9 Å². The fraction of sp³-hybridized carbons (Fsp3) is 0.273. The van der Waals surface area contributed by atoms with Gasteiger partial charge in [0.1, 0.15) is 6.04 Å². The zero-order valence-corrected chi connectivity index (χ0v) is 15.0. The lowest BCUT2D eigenvalue weighted by Crippen LogP contribution is -2.50. The van der Waals surface area contributed by atoms with E-state index < -0.39 is 17.4 Å². The minimum absolute atomic E-state index is 0.319. The first-order valence-corrected chi connectivity index (χ1v) is 8.76. The van der Waals surface area contributed by atoms with Gasteiger partial charge >= 0.3 is 5.97 Å². The number of nitrogens with one attached hydrogen (secondary N) is 1. The van der Waals surface area contributed by atoms with Crippen molar-refractivity contribution < 1.29 is 14.7 Å². The standard InChI is InChI=1S/C22H25NO3/c1-3-4-7-16-19(20(24)25)23-21(26)22(2,17-12-8-5-9-13-17)18-14-10-6-11-15-18/h3,5-6,8-15,19H,1,4,7,16H2,2H3,(H,23,26)(H,24,25)/t19-/m0/s1. The van der Waals surface area contributed by atoms with Crippen LogP contribution in [0.2, 0.25) is 0 Å². The number of hydrogen-bond donors (Lipinski definition) is 2. The number of carbonyl (C=O) groups excluding carboxylic acids is 1. The minimum Gasteiger partial charge on any atom is -0.480 e. The van der Waals surface area contributed by atoms with Crippen molar-refractivity contribution in [1.82, 2.24) is 5.32 Å². The lowest BCUT2D eigenvalue weighted by Gasteiger charge is -2.31. The molecule has 1 amide bonds. The van der Waals surface area contributed by atoms with Gasteiger partial charge in [0.25, 0.3) is 0 Å². The van der Waals surface area contributed by atoms with Crippen LogP contribution in [0.4, 0.5) is 0 Å². The summed E-state index contributed by atoms with van der Waals surface area (Å²) in [5.41, 5.74) is 0.659. The maximum Gasteiger partial charge on any atom is 0.326 e. The number of hydrogen-bond acceptors (Lipinski definition) is 2. The molecule has 136 valence electrons. The van der Waals surface area contributed by atoms with Gasteiger partial charge in [-0.2, -0.15) is 0 Å². The number of rotatable bonds is 9. The monoisotopic (exact) mass is 351 g/mol. The second-order valence-corrected chi connectivity index (χ2v) is 6.44. The molecule has 0 bridgehead atoms. The third-order valence-electron chi connectivity index (χ3n) is 4.66. The molecular weight excluding hydrogens is 326 g/mol. The van der Waals surface area contributed by atoms with E-state index in [9.17, 15) is 14.7 Å². The van der Waals surface area contributed by atoms with Crippen LogP contribution in [0.25, 0.3) is 0 Å². The van der Waals surface area contributed by atoms with Gasteiger partial charge in [0, 0.05) is 0 Å². The molecule has 0 aromatic heterocycles. The highest BCUT2D eigenvalue weighted by Crippen LogP contribution is 2.32. The van der Waals surface area contributed by atoms with Crippen LogP contribution in [0.1, 0.15) is 37.3 Å². The van der Waals surface area contributed by atoms with Gasteiger partial charge in [0.05, 0.1) is 5.41 Å². The number of amides is 1. The van der Waals surface area contributed by atoms with Crippen LogP contribution in [0.3, 0.4) is 0 Å². The fourth-order valence-electron chi connectivity index (χ4n) is 3.00. The van der Waals surface area contributed by atoms with Crippen LogP contribution < -0.4 is 5.32 Å². The number of carboxylic acid groups (broad SMARTS) is 1. The lowest BCUT2D eigenvalue weighted by molar-refractivity contribution is -0.142. The van der Waals surface area contributed by atoms with Crippen LogP contribution in [0.5, 0.6) is 0 Å². The second-order valence-electron chi connectivity index (χ2n) is 6.44. The molecule has 0 unspecified atom stereocenters. The van der Waals surface area contributed by atoms with Crippen molar-refractivity contribution in [2.24, 2.45) is 0 Å². The van der Waals surface area contributed by atoms with Crippen molar-refractivity contribution in [3.63, 3.8) is 0 Å². The Kier molecular flexibility index (Phi) is 6.73. The molecule has 0 saturated heterocycles. The second kappa shape index (κ2) is 8.99. The molecule has 0 spiro atoms. The average molecular weight is 351 g/mol. The third kappa shape index (κ3) is 4.39. The molecular formula is C22H25NO3. The van der Waals surface area contributed by atoms with E-state index in [-0.39, 0.29) is 5.91 Å². The van der Waals surface area contributed by atoms with Crippen LogP contribution in [0, 0.1) is 0 Å². The summed E-state index contributed by atoms with van der Waals surface area (Å²) in [6, 6.07) is 17.9. The molecule has 0 aliphatic carbocycles. The molecule has 2 N–H and O–H groups in total. The number of unbranched alkanes of at least 4 members (excludes halogenated alkanes) is 1. The lowest BCUT2D eigenvalue weighted by atomic mass is 9.75. The zero-order chi connectivity index (χ0) is 19.0. The Morgan fingerprint density at radius 1 is 1.08 bits per heavy atom. The maximum absolute atomic E-state index is 13.2. The quantitative estimate of drug-likeness (QED) is 0.531. The molecule has 26 heavy (non-hydrogen) atoms. The van der Waals surface area contributed by atoms with Crippen LogP contribution in [0.15, 0.2) is 73.3 Å². The normalized spacial score (nSPS) is 12.2. The van der Waals surface area contributed by atoms with Gasteiger partial charge in [-0.3, -0.25) is 4.79 Å². The SMILES string of the molecule is C=CCCC[C@H](NC(=O)C(C)(c1ccccc1)c1ccccc1)C(=O)O. The van der Waals surface area contributed by atoms with Gasteiger partial charge in [-0.15, -0.1) is 6.58 Å². The maximum atomic E-state index is 13.2. The minimum atomic E-state index is -1.02. The summed E-state index contributed by atoms with van der Waals surface area (Å²) >= 11 is 0. The van der Waals surface area contributed by atoms with E-state index in [1.807, 2.05) is 67.6 Å². The summed E-state index contributed by atoms with van der Waals surface area (Å²) in [6.07, 6.45) is 3.49. The molecule has 0 saturated carbocycles. The van der Waals surface area contributed by atoms with Crippen molar-refractivity contribution >= 4 is 11.9 Å². The fourth-order valence-corrected chi connectivity index (χ4v) is 3.00. The molecule has 0 radical (unpaired) electrons. The Labute approximate surface area is 154 Å². The van der Waals surface area contributed by atoms with Gasteiger partial charge in [0.15, 0.2) is 0 Å². The smallest absolute Gasteiger partial charge is 0.326 e. The third-order valence-corrected chi connectivity index (χ3v) is 4.66. The van der Waals surface area contributed by atoms with Crippen molar-refractivity contribution in [2.45, 2.75) is 37.6 Å². The molecule has 2 aromatic rings. The van der Waals surface area contributed by atoms with Crippen molar-refractivity contribution in [1.29, 1.82) is 0 Å². The number of benzene rings is 2. The number of allylic oxidation sites excluding steroid dienone is 1. The predicted molar refractivity (Wildman–Crippen MR) is 103 cm³/mol. The molecule has 0 heterocycles. The Bertz CT molecular complexity index is 701. The van der Waals surface area contributed by atoms with Gasteiger partial charge in [-0.05, 0) is 37.3 Å². The summed E-state index contributed by atoms with van der Waals surface area (Å²) in [4.78, 5) is 24.8. The van der Waals surface area contributed by atoms with E-state index in [1.165, 1.54) is 0 Å². The van der Waals surface area contributed by atoms with E-state index in [4.69, 9.17) is 0 Å². The highest BCUT2D eigenvalue weighted by molar-refractivity contribution is 5.94. The Hall–Kier alpha value is -2.88. The number of carbonyl (C=O) groups is 2. The van der Waals surface area contributed by atoms with Gasteiger partial charge < -0.3 is 10.4 Å². The Morgan fingerprint density at radius 2 is 1.58 bits per heavy atom. The van der Waals surface area contributed by atoms with Crippen molar-refractivity contribution in [3.8, 4) is 0 Å². The average Bonchev–Trinajstić information content (AvgIpc) is 2.67. The number of aliphatic carboxylic acids is 1. The Morgan fingerprint density at radius 3 is 2.00 bits per heavy atom. The zero-order valence-electron chi connectivity index (χ0n) is 15.0. The molecule has 0 aliphatic rings. The van der Waals surface area contributed by atoms with E-state index in [0.29, 0.717) is 19.3 Å². The summed E-state index contributed by atoms with van der Waals surface area (Å²) in [6.45, 7) is 5.48. The summed E-state index contributed by atoms with van der Waals surface area (Å²) in [7, 11) is 0. The Balaban J connectivity index is 2.34. The molecule has 2 rings (SSSR count). The highest BCUT2D eigenvalue weighted by atomic mass is 16.4. The van der Waals surface area contributed by atoms with Crippen LogP contribution in [-0.4, -0.2) is 23.0 Å². The molecule has 2 aromatic carbocycles. The molecule has 0 fully saturated rings.